The first-order valence-electron chi connectivity index (χ1n) is 14.5. The smallest absolute Gasteiger partial charge is 0.257 e. The topological polar surface area (TPSA) is 75.5 Å². The highest BCUT2D eigenvalue weighted by Crippen LogP contribution is 2.35. The van der Waals surface area contributed by atoms with Crippen LogP contribution in [0.3, 0.4) is 0 Å². The number of piperidine rings is 1. The fourth-order valence-corrected chi connectivity index (χ4v) is 6.91. The minimum atomic E-state index is -3.22. The largest absolute Gasteiger partial charge is 0.338 e. The van der Waals surface area contributed by atoms with Crippen LogP contribution in [-0.2, 0) is 16.4 Å². The van der Waals surface area contributed by atoms with Crippen LogP contribution in [-0.4, -0.2) is 66.3 Å². The number of nitrogens with zero attached hydrogens (tertiary/aromatic N) is 4. The second-order valence-corrected chi connectivity index (χ2v) is 13.5. The number of benzene rings is 3. The van der Waals surface area contributed by atoms with E-state index >= 15 is 0 Å². The van der Waals surface area contributed by atoms with Crippen LogP contribution in [0.1, 0.15) is 58.3 Å². The molecule has 1 unspecified atom stereocenters. The molecule has 3 aromatic carbocycles. The zero-order valence-corrected chi connectivity index (χ0v) is 24.5. The highest BCUT2D eigenvalue weighted by atomic mass is 32.2. The molecule has 0 saturated carbocycles. The fraction of sp³-hybridized carbons (Fsp3) is 0.333. The molecule has 1 atom stereocenters. The van der Waals surface area contributed by atoms with Crippen LogP contribution in [0.2, 0.25) is 0 Å². The van der Waals surface area contributed by atoms with Crippen LogP contribution >= 0.6 is 0 Å². The van der Waals surface area contributed by atoms with Crippen molar-refractivity contribution < 1.29 is 17.6 Å². The van der Waals surface area contributed by atoms with Crippen LogP contribution in [0, 0.1) is 5.82 Å². The SMILES string of the molecule is CS(=O)(=O)c1ccc(CN2CCC(c3c(C(=O)N4CCC(c5ccccc5)C4)cnn3-c3ccc(F)cc3)CC2)cc1. The van der Waals surface area contributed by atoms with Crippen molar-refractivity contribution in [3.05, 3.63) is 113 Å². The molecular formula is C33H35FN4O3S. The van der Waals surface area contributed by atoms with Crippen LogP contribution in [0.4, 0.5) is 4.39 Å². The lowest BCUT2D eigenvalue weighted by Crippen LogP contribution is -2.34. The Hall–Kier alpha value is -3.82. The van der Waals surface area contributed by atoms with Gasteiger partial charge in [0.25, 0.3) is 5.91 Å². The maximum atomic E-state index is 13.9. The third-order valence-electron chi connectivity index (χ3n) is 8.59. The molecule has 218 valence electrons. The Kier molecular flexibility index (Phi) is 7.96. The van der Waals surface area contributed by atoms with Crippen molar-refractivity contribution >= 4 is 15.7 Å². The molecule has 4 aromatic rings. The average molecular weight is 587 g/mol. The molecule has 9 heteroatoms. The van der Waals surface area contributed by atoms with Crippen LogP contribution in [0.5, 0.6) is 0 Å². The molecule has 2 saturated heterocycles. The van der Waals surface area contributed by atoms with E-state index in [-0.39, 0.29) is 17.6 Å². The molecule has 2 aliphatic heterocycles. The van der Waals surface area contributed by atoms with Gasteiger partial charge in [-0.3, -0.25) is 9.69 Å². The number of halogens is 1. The van der Waals surface area contributed by atoms with E-state index in [2.05, 4.69) is 22.1 Å². The molecule has 0 bridgehead atoms. The number of likely N-dealkylation sites (tertiary alicyclic amines) is 2. The number of sulfone groups is 1. The lowest BCUT2D eigenvalue weighted by Gasteiger charge is -2.33. The van der Waals surface area contributed by atoms with Crippen molar-refractivity contribution in [2.45, 2.75) is 42.5 Å². The van der Waals surface area contributed by atoms with Gasteiger partial charge in [-0.05, 0) is 79.9 Å². The summed E-state index contributed by atoms with van der Waals surface area (Å²) >= 11 is 0. The maximum Gasteiger partial charge on any atom is 0.257 e. The lowest BCUT2D eigenvalue weighted by molar-refractivity contribution is 0.0788. The van der Waals surface area contributed by atoms with Gasteiger partial charge in [0.15, 0.2) is 9.84 Å². The Morgan fingerprint density at radius 3 is 2.21 bits per heavy atom. The normalized spacial score (nSPS) is 18.4. The number of carbonyl (C=O) groups is 1. The predicted octanol–water partition coefficient (Wildman–Crippen LogP) is 5.42. The van der Waals surface area contributed by atoms with Crippen molar-refractivity contribution in [1.82, 2.24) is 19.6 Å². The van der Waals surface area contributed by atoms with E-state index < -0.39 is 9.84 Å². The molecule has 2 aliphatic rings. The van der Waals surface area contributed by atoms with Gasteiger partial charge in [-0.25, -0.2) is 17.5 Å². The summed E-state index contributed by atoms with van der Waals surface area (Å²) in [5.74, 6) is 0.129. The molecule has 1 amide bonds. The van der Waals surface area contributed by atoms with Crippen LogP contribution in [0.25, 0.3) is 5.69 Å². The van der Waals surface area contributed by atoms with Crippen molar-refractivity contribution in [2.75, 3.05) is 32.4 Å². The van der Waals surface area contributed by atoms with Gasteiger partial charge >= 0.3 is 0 Å². The molecule has 7 nitrogen and oxygen atoms in total. The summed E-state index contributed by atoms with van der Waals surface area (Å²) in [4.78, 5) is 18.6. The maximum absolute atomic E-state index is 13.9. The first kappa shape index (κ1) is 28.3. The van der Waals surface area contributed by atoms with Crippen molar-refractivity contribution in [2.24, 2.45) is 0 Å². The second-order valence-electron chi connectivity index (χ2n) is 11.4. The van der Waals surface area contributed by atoms with Crippen molar-refractivity contribution in [1.29, 1.82) is 0 Å². The average Bonchev–Trinajstić information content (AvgIpc) is 3.67. The quantitative estimate of drug-likeness (QED) is 0.289. The second kappa shape index (κ2) is 11.8. The zero-order valence-electron chi connectivity index (χ0n) is 23.7. The number of carbonyl (C=O) groups excluding carboxylic acids is 1. The summed E-state index contributed by atoms with van der Waals surface area (Å²) in [5.41, 5.74) is 4.58. The number of amides is 1. The van der Waals surface area contributed by atoms with Gasteiger partial charge in [0.2, 0.25) is 0 Å². The fourth-order valence-electron chi connectivity index (χ4n) is 6.28. The number of aromatic nitrogens is 2. The van der Waals surface area contributed by atoms with Gasteiger partial charge in [0.05, 0.1) is 28.0 Å². The minimum absolute atomic E-state index is 0.00480. The van der Waals surface area contributed by atoms with E-state index in [4.69, 9.17) is 0 Å². The Labute approximate surface area is 246 Å². The first-order valence-corrected chi connectivity index (χ1v) is 16.3. The van der Waals surface area contributed by atoms with E-state index in [0.29, 0.717) is 29.5 Å². The summed E-state index contributed by atoms with van der Waals surface area (Å²) < 4.78 is 39.2. The summed E-state index contributed by atoms with van der Waals surface area (Å²) in [7, 11) is -3.22. The van der Waals surface area contributed by atoms with Crippen LogP contribution < -0.4 is 0 Å². The molecule has 1 aromatic heterocycles. The zero-order chi connectivity index (χ0) is 29.3. The van der Waals surface area contributed by atoms with Gasteiger partial charge in [-0.2, -0.15) is 5.10 Å². The monoisotopic (exact) mass is 586 g/mol. The van der Waals surface area contributed by atoms with Gasteiger partial charge in [-0.15, -0.1) is 0 Å². The van der Waals surface area contributed by atoms with E-state index in [1.54, 1.807) is 30.5 Å². The third kappa shape index (κ3) is 6.03. The first-order chi connectivity index (χ1) is 20.3. The third-order valence-corrected chi connectivity index (χ3v) is 9.71. The number of hydrogen-bond donors (Lipinski definition) is 0. The molecule has 42 heavy (non-hydrogen) atoms. The molecule has 6 rings (SSSR count). The van der Waals surface area contributed by atoms with Gasteiger partial charge < -0.3 is 4.90 Å². The molecule has 0 N–H and O–H groups in total. The molecule has 0 radical (unpaired) electrons. The molecular weight excluding hydrogens is 551 g/mol. The standard InChI is InChI=1S/C33H35FN4O3S/c1-42(40,41)30-13-7-24(8-14-30)22-36-18-15-26(16-19-36)32-31(21-35-38(32)29-11-9-28(34)10-12-29)33(39)37-20-17-27(23-37)25-5-3-2-4-6-25/h2-14,21,26-27H,15-20,22-23H2,1H3. The predicted molar refractivity (Wildman–Crippen MR) is 160 cm³/mol. The summed E-state index contributed by atoms with van der Waals surface area (Å²) in [5, 5.41) is 4.66. The highest BCUT2D eigenvalue weighted by Gasteiger charge is 2.34. The molecule has 3 heterocycles. The lowest BCUT2D eigenvalue weighted by atomic mass is 9.90. The Morgan fingerprint density at radius 2 is 1.55 bits per heavy atom. The minimum Gasteiger partial charge on any atom is -0.338 e. The number of rotatable bonds is 7. The van der Waals surface area contributed by atoms with E-state index in [0.717, 1.165) is 55.8 Å². The molecule has 0 aliphatic carbocycles. The Balaban J connectivity index is 1.21. The molecule has 2 fully saturated rings. The van der Waals surface area contributed by atoms with Gasteiger partial charge in [0, 0.05) is 37.7 Å². The summed E-state index contributed by atoms with van der Waals surface area (Å²) in [6, 6.07) is 23.7. The van der Waals surface area contributed by atoms with E-state index in [1.807, 2.05) is 39.9 Å². The van der Waals surface area contributed by atoms with Crippen molar-refractivity contribution in [3.8, 4) is 5.69 Å². The molecule has 0 spiro atoms. The van der Waals surface area contributed by atoms with E-state index in [9.17, 15) is 17.6 Å². The van der Waals surface area contributed by atoms with Gasteiger partial charge in [0.1, 0.15) is 5.82 Å². The van der Waals surface area contributed by atoms with Crippen LogP contribution in [0.15, 0.2) is 90.0 Å². The number of hydrogen-bond acceptors (Lipinski definition) is 5. The Morgan fingerprint density at radius 1 is 0.881 bits per heavy atom. The highest BCUT2D eigenvalue weighted by molar-refractivity contribution is 7.90. The van der Waals surface area contributed by atoms with Crippen molar-refractivity contribution in [3.63, 3.8) is 0 Å². The Bertz CT molecular complexity index is 1650. The van der Waals surface area contributed by atoms with E-state index in [1.165, 1.54) is 24.0 Å². The summed E-state index contributed by atoms with van der Waals surface area (Å²) in [6.45, 7) is 3.78. The van der Waals surface area contributed by atoms with Gasteiger partial charge in [-0.1, -0.05) is 42.5 Å². The summed E-state index contributed by atoms with van der Waals surface area (Å²) in [6.07, 6.45) is 5.53.